The minimum atomic E-state index is -1.30. The molecule has 0 aliphatic carbocycles. The number of benzene rings is 1. The number of anilines is 1. The number of amides is 2. The number of furan rings is 1. The van der Waals surface area contributed by atoms with Gasteiger partial charge in [0.15, 0.2) is 0 Å². The largest absolute Gasteiger partial charge is 0.467 e. The normalized spacial score (nSPS) is 10.7. The van der Waals surface area contributed by atoms with Gasteiger partial charge in [-0.3, -0.25) is 9.59 Å². The Hall–Kier alpha value is -3.07. The molecule has 0 saturated heterocycles. The van der Waals surface area contributed by atoms with E-state index in [1.807, 2.05) is 6.07 Å². The van der Waals surface area contributed by atoms with Crippen molar-refractivity contribution in [1.82, 2.24) is 5.32 Å². The van der Waals surface area contributed by atoms with E-state index in [4.69, 9.17) is 9.68 Å². The summed E-state index contributed by atoms with van der Waals surface area (Å²) in [6, 6.07) is 12.1. The van der Waals surface area contributed by atoms with Crippen LogP contribution in [-0.4, -0.2) is 11.8 Å². The Balaban J connectivity index is 2.04. The van der Waals surface area contributed by atoms with Crippen LogP contribution in [0.3, 0.4) is 0 Å². The zero-order chi connectivity index (χ0) is 16.9. The van der Waals surface area contributed by atoms with Gasteiger partial charge in [0.05, 0.1) is 24.1 Å². The predicted octanol–water partition coefficient (Wildman–Crippen LogP) is 2.43. The molecule has 0 spiro atoms. The molecule has 1 aromatic carbocycles. The van der Waals surface area contributed by atoms with Crippen molar-refractivity contribution in [2.45, 2.75) is 20.4 Å². The highest BCUT2D eigenvalue weighted by molar-refractivity contribution is 6.10. The molecule has 1 aromatic heterocycles. The van der Waals surface area contributed by atoms with Crippen LogP contribution in [0.25, 0.3) is 0 Å². The lowest BCUT2D eigenvalue weighted by molar-refractivity contribution is -0.138. The highest BCUT2D eigenvalue weighted by atomic mass is 16.3. The number of nitriles is 1. The van der Waals surface area contributed by atoms with Crippen LogP contribution in [0.2, 0.25) is 0 Å². The van der Waals surface area contributed by atoms with Crippen molar-refractivity contribution in [1.29, 1.82) is 5.26 Å². The van der Waals surface area contributed by atoms with Crippen LogP contribution in [0.15, 0.2) is 47.1 Å². The second kappa shape index (κ2) is 6.79. The fraction of sp³-hybridized carbons (Fsp3) is 0.235. The molecule has 118 valence electrons. The third kappa shape index (κ3) is 3.77. The molecule has 6 nitrogen and oxygen atoms in total. The Kier molecular flexibility index (Phi) is 4.82. The van der Waals surface area contributed by atoms with Crippen LogP contribution in [0.5, 0.6) is 0 Å². The van der Waals surface area contributed by atoms with Gasteiger partial charge in [-0.05, 0) is 38.1 Å². The predicted molar refractivity (Wildman–Crippen MR) is 84.1 cm³/mol. The standard InChI is InChI=1S/C17H17N3O3/c1-17(2,15(21)19-11-13-7-5-9-23-13)16(22)20-14-8-4-3-6-12(14)10-18/h3-9H,11H2,1-2H3,(H,19,21)(H,20,22). The Bertz CT molecular complexity index is 743. The molecule has 2 N–H and O–H groups in total. The number of hydrogen-bond acceptors (Lipinski definition) is 4. The third-order valence-electron chi connectivity index (χ3n) is 3.43. The summed E-state index contributed by atoms with van der Waals surface area (Å²) in [5.41, 5.74) is -0.575. The van der Waals surface area contributed by atoms with Crippen LogP contribution in [0, 0.1) is 16.7 Å². The van der Waals surface area contributed by atoms with Crippen molar-refractivity contribution >= 4 is 17.5 Å². The maximum absolute atomic E-state index is 12.4. The molecule has 0 bridgehead atoms. The topological polar surface area (TPSA) is 95.1 Å². The average Bonchev–Trinajstić information content (AvgIpc) is 3.06. The second-order valence-corrected chi connectivity index (χ2v) is 5.50. The highest BCUT2D eigenvalue weighted by Crippen LogP contribution is 2.21. The third-order valence-corrected chi connectivity index (χ3v) is 3.43. The summed E-state index contributed by atoms with van der Waals surface area (Å²) in [7, 11) is 0. The van der Waals surface area contributed by atoms with Gasteiger partial charge in [0, 0.05) is 0 Å². The van der Waals surface area contributed by atoms with Gasteiger partial charge < -0.3 is 15.1 Å². The number of carbonyl (C=O) groups excluding carboxylic acids is 2. The van der Waals surface area contributed by atoms with E-state index >= 15 is 0 Å². The van der Waals surface area contributed by atoms with E-state index in [0.717, 1.165) is 0 Å². The minimum absolute atomic E-state index is 0.206. The zero-order valence-electron chi connectivity index (χ0n) is 12.9. The Morgan fingerprint density at radius 3 is 2.57 bits per heavy atom. The average molecular weight is 311 g/mol. The Morgan fingerprint density at radius 2 is 1.91 bits per heavy atom. The molecule has 23 heavy (non-hydrogen) atoms. The molecule has 0 atom stereocenters. The van der Waals surface area contributed by atoms with E-state index < -0.39 is 17.2 Å². The summed E-state index contributed by atoms with van der Waals surface area (Å²) >= 11 is 0. The van der Waals surface area contributed by atoms with E-state index in [0.29, 0.717) is 17.0 Å². The highest BCUT2D eigenvalue weighted by Gasteiger charge is 2.36. The van der Waals surface area contributed by atoms with Crippen LogP contribution in [0.1, 0.15) is 25.2 Å². The van der Waals surface area contributed by atoms with Crippen molar-refractivity contribution in [2.24, 2.45) is 5.41 Å². The summed E-state index contributed by atoms with van der Waals surface area (Å²) in [6.07, 6.45) is 1.51. The Labute approximate surface area is 134 Å². The van der Waals surface area contributed by atoms with Gasteiger partial charge in [-0.2, -0.15) is 5.26 Å². The Morgan fingerprint density at radius 1 is 1.17 bits per heavy atom. The number of para-hydroxylation sites is 1. The molecular weight excluding hydrogens is 294 g/mol. The molecule has 1 heterocycles. The van der Waals surface area contributed by atoms with E-state index in [9.17, 15) is 9.59 Å². The van der Waals surface area contributed by atoms with Crippen molar-refractivity contribution in [3.05, 3.63) is 54.0 Å². The quantitative estimate of drug-likeness (QED) is 0.829. The molecule has 0 aliphatic heterocycles. The maximum atomic E-state index is 12.4. The van der Waals surface area contributed by atoms with E-state index in [-0.39, 0.29) is 6.54 Å². The van der Waals surface area contributed by atoms with Gasteiger partial charge in [-0.25, -0.2) is 0 Å². The SMILES string of the molecule is CC(C)(C(=O)NCc1ccco1)C(=O)Nc1ccccc1C#N. The number of rotatable bonds is 5. The van der Waals surface area contributed by atoms with E-state index in [2.05, 4.69) is 10.6 Å². The van der Waals surface area contributed by atoms with Crippen LogP contribution < -0.4 is 10.6 Å². The molecular formula is C17H17N3O3. The molecule has 0 aliphatic rings. The molecule has 0 radical (unpaired) electrons. The summed E-state index contributed by atoms with van der Waals surface area (Å²) in [6.45, 7) is 3.25. The van der Waals surface area contributed by atoms with Gasteiger partial charge in [0.25, 0.3) is 0 Å². The van der Waals surface area contributed by atoms with Crippen molar-refractivity contribution in [3.63, 3.8) is 0 Å². The first-order valence-corrected chi connectivity index (χ1v) is 7.06. The number of hydrogen-bond donors (Lipinski definition) is 2. The first-order chi connectivity index (χ1) is 10.9. The fourth-order valence-electron chi connectivity index (χ4n) is 1.87. The number of nitrogens with one attached hydrogen (secondary N) is 2. The number of nitrogens with zero attached hydrogens (tertiary/aromatic N) is 1. The van der Waals surface area contributed by atoms with Crippen molar-refractivity contribution in [3.8, 4) is 6.07 Å². The van der Waals surface area contributed by atoms with Crippen LogP contribution in [-0.2, 0) is 16.1 Å². The molecule has 0 fully saturated rings. The zero-order valence-corrected chi connectivity index (χ0v) is 12.9. The van der Waals surface area contributed by atoms with Crippen LogP contribution >= 0.6 is 0 Å². The van der Waals surface area contributed by atoms with Gasteiger partial charge in [0.1, 0.15) is 17.2 Å². The first kappa shape index (κ1) is 16.3. The van der Waals surface area contributed by atoms with Crippen molar-refractivity contribution in [2.75, 3.05) is 5.32 Å². The lowest BCUT2D eigenvalue weighted by Crippen LogP contribution is -2.44. The lowest BCUT2D eigenvalue weighted by Gasteiger charge is -2.22. The van der Waals surface area contributed by atoms with Gasteiger partial charge in [-0.1, -0.05) is 12.1 Å². The van der Waals surface area contributed by atoms with Crippen molar-refractivity contribution < 1.29 is 14.0 Å². The molecule has 2 rings (SSSR count). The lowest BCUT2D eigenvalue weighted by atomic mass is 9.90. The van der Waals surface area contributed by atoms with Gasteiger partial charge in [0.2, 0.25) is 11.8 Å². The molecule has 6 heteroatoms. The van der Waals surface area contributed by atoms with Gasteiger partial charge >= 0.3 is 0 Å². The van der Waals surface area contributed by atoms with E-state index in [1.54, 1.807) is 36.4 Å². The first-order valence-electron chi connectivity index (χ1n) is 7.06. The smallest absolute Gasteiger partial charge is 0.239 e. The number of carbonyl (C=O) groups is 2. The second-order valence-electron chi connectivity index (χ2n) is 5.50. The minimum Gasteiger partial charge on any atom is -0.467 e. The van der Waals surface area contributed by atoms with Crippen LogP contribution in [0.4, 0.5) is 5.69 Å². The molecule has 2 aromatic rings. The van der Waals surface area contributed by atoms with Gasteiger partial charge in [-0.15, -0.1) is 0 Å². The summed E-state index contributed by atoms with van der Waals surface area (Å²) in [5.74, 6) is -0.317. The maximum Gasteiger partial charge on any atom is 0.239 e. The molecule has 2 amide bonds. The molecule has 0 saturated carbocycles. The fourth-order valence-corrected chi connectivity index (χ4v) is 1.87. The summed E-state index contributed by atoms with van der Waals surface area (Å²) in [5, 5.41) is 14.3. The summed E-state index contributed by atoms with van der Waals surface area (Å²) < 4.78 is 5.13. The summed E-state index contributed by atoms with van der Waals surface area (Å²) in [4.78, 5) is 24.7. The monoisotopic (exact) mass is 311 g/mol. The van der Waals surface area contributed by atoms with E-state index in [1.165, 1.54) is 20.1 Å². The molecule has 0 unspecified atom stereocenters.